The second kappa shape index (κ2) is 8.14. The van der Waals surface area contributed by atoms with Crippen LogP contribution in [0.3, 0.4) is 0 Å². The number of aryl methyl sites for hydroxylation is 2. The van der Waals surface area contributed by atoms with Crippen molar-refractivity contribution in [1.29, 1.82) is 0 Å². The maximum Gasteiger partial charge on any atom is 0.251 e. The molecule has 0 fully saturated rings. The molecule has 2 N–H and O–H groups in total. The average Bonchev–Trinajstić information content (AvgIpc) is 2.44. The van der Waals surface area contributed by atoms with Crippen molar-refractivity contribution in [2.24, 2.45) is 0 Å². The van der Waals surface area contributed by atoms with E-state index in [-0.39, 0.29) is 24.7 Å². The van der Waals surface area contributed by atoms with Gasteiger partial charge in [-0.15, -0.1) is 0 Å². The van der Waals surface area contributed by atoms with Crippen LogP contribution in [0.25, 0.3) is 0 Å². The van der Waals surface area contributed by atoms with Gasteiger partial charge in [-0.05, 0) is 43.5 Å². The molecule has 0 aromatic heterocycles. The molecule has 1 rings (SSSR count). The van der Waals surface area contributed by atoms with Crippen LogP contribution in [0, 0.1) is 13.8 Å². The van der Waals surface area contributed by atoms with E-state index in [0.717, 1.165) is 17.5 Å². The molecule has 0 saturated carbocycles. The first-order valence-electron chi connectivity index (χ1n) is 7.18. The molecule has 0 radical (unpaired) electrons. The van der Waals surface area contributed by atoms with Gasteiger partial charge in [0.25, 0.3) is 5.91 Å². The highest BCUT2D eigenvalue weighted by Crippen LogP contribution is 2.09. The van der Waals surface area contributed by atoms with Gasteiger partial charge in [0, 0.05) is 18.7 Å². The number of nitrogens with one attached hydrogen (secondary N) is 2. The normalized spacial score (nSPS) is 11.4. The molecule has 5 nitrogen and oxygen atoms in total. The third-order valence-electron chi connectivity index (χ3n) is 3.27. The van der Waals surface area contributed by atoms with Gasteiger partial charge < -0.3 is 5.32 Å². The standard InChI is InChI=1S/C15H24N2O3S/c1-4-5-10-21(19,20)17-9-8-16-15(18)14-7-6-12(2)13(3)11-14/h6-7,11,17H,4-5,8-10H2,1-3H3,(H,16,18). The fourth-order valence-corrected chi connectivity index (χ4v) is 3.00. The predicted molar refractivity (Wildman–Crippen MR) is 84.9 cm³/mol. The summed E-state index contributed by atoms with van der Waals surface area (Å²) >= 11 is 0. The van der Waals surface area contributed by atoms with Crippen molar-refractivity contribution < 1.29 is 13.2 Å². The molecule has 0 unspecified atom stereocenters. The molecule has 0 aliphatic rings. The molecule has 0 aliphatic heterocycles. The summed E-state index contributed by atoms with van der Waals surface area (Å²) in [5, 5.41) is 2.71. The Labute approximate surface area is 127 Å². The van der Waals surface area contributed by atoms with E-state index in [1.54, 1.807) is 6.07 Å². The molecule has 0 heterocycles. The maximum absolute atomic E-state index is 11.9. The minimum absolute atomic E-state index is 0.134. The van der Waals surface area contributed by atoms with Crippen LogP contribution in [0.4, 0.5) is 0 Å². The molecule has 0 aliphatic carbocycles. The first-order valence-corrected chi connectivity index (χ1v) is 8.83. The molecule has 1 amide bonds. The van der Waals surface area contributed by atoms with Gasteiger partial charge in [-0.2, -0.15) is 0 Å². The molecule has 0 atom stereocenters. The Morgan fingerprint density at radius 1 is 1.14 bits per heavy atom. The number of hydrogen-bond donors (Lipinski definition) is 2. The molecular formula is C15H24N2O3S. The maximum atomic E-state index is 11.9. The third kappa shape index (κ3) is 6.27. The van der Waals surface area contributed by atoms with Gasteiger partial charge in [-0.1, -0.05) is 19.4 Å². The fourth-order valence-electron chi connectivity index (χ4n) is 1.77. The SMILES string of the molecule is CCCCS(=O)(=O)NCCNC(=O)c1ccc(C)c(C)c1. The second-order valence-corrected chi connectivity index (χ2v) is 7.05. The molecule has 118 valence electrons. The third-order valence-corrected chi connectivity index (χ3v) is 4.74. The highest BCUT2D eigenvalue weighted by atomic mass is 32.2. The van der Waals surface area contributed by atoms with Crippen LogP contribution < -0.4 is 10.0 Å². The number of carbonyl (C=O) groups excluding carboxylic acids is 1. The summed E-state index contributed by atoms with van der Waals surface area (Å²) in [7, 11) is -3.22. The van der Waals surface area contributed by atoms with E-state index >= 15 is 0 Å². The van der Waals surface area contributed by atoms with Gasteiger partial charge in [0.1, 0.15) is 0 Å². The van der Waals surface area contributed by atoms with E-state index in [1.165, 1.54) is 0 Å². The van der Waals surface area contributed by atoms with E-state index in [2.05, 4.69) is 10.0 Å². The van der Waals surface area contributed by atoms with Crippen molar-refractivity contribution in [2.45, 2.75) is 33.6 Å². The van der Waals surface area contributed by atoms with Crippen molar-refractivity contribution >= 4 is 15.9 Å². The van der Waals surface area contributed by atoms with Crippen molar-refractivity contribution in [3.05, 3.63) is 34.9 Å². The first kappa shape index (κ1) is 17.7. The number of unbranched alkanes of at least 4 members (excludes halogenated alkanes) is 1. The topological polar surface area (TPSA) is 75.3 Å². The Bertz CT molecular complexity index is 583. The van der Waals surface area contributed by atoms with Crippen LogP contribution in [-0.4, -0.2) is 33.2 Å². The van der Waals surface area contributed by atoms with E-state index in [9.17, 15) is 13.2 Å². The minimum atomic E-state index is -3.22. The van der Waals surface area contributed by atoms with Crippen LogP contribution in [0.2, 0.25) is 0 Å². The lowest BCUT2D eigenvalue weighted by Crippen LogP contribution is -2.35. The smallest absolute Gasteiger partial charge is 0.251 e. The van der Waals surface area contributed by atoms with Crippen LogP contribution in [0.1, 0.15) is 41.3 Å². The van der Waals surface area contributed by atoms with Gasteiger partial charge in [0.05, 0.1) is 5.75 Å². The lowest BCUT2D eigenvalue weighted by molar-refractivity contribution is 0.0954. The van der Waals surface area contributed by atoms with E-state index in [4.69, 9.17) is 0 Å². The van der Waals surface area contributed by atoms with Gasteiger partial charge in [0.15, 0.2) is 0 Å². The molecule has 1 aromatic carbocycles. The molecule has 6 heteroatoms. The van der Waals surface area contributed by atoms with Crippen molar-refractivity contribution in [1.82, 2.24) is 10.0 Å². The Morgan fingerprint density at radius 2 is 1.86 bits per heavy atom. The van der Waals surface area contributed by atoms with Crippen molar-refractivity contribution in [2.75, 3.05) is 18.8 Å². The van der Waals surface area contributed by atoms with Crippen LogP contribution >= 0.6 is 0 Å². The molecule has 1 aromatic rings. The largest absolute Gasteiger partial charge is 0.351 e. The highest BCUT2D eigenvalue weighted by Gasteiger charge is 2.09. The summed E-state index contributed by atoms with van der Waals surface area (Å²) in [6.45, 7) is 6.37. The number of rotatable bonds is 8. The number of benzene rings is 1. The Balaban J connectivity index is 2.38. The molecule has 0 saturated heterocycles. The minimum Gasteiger partial charge on any atom is -0.351 e. The van der Waals surface area contributed by atoms with Gasteiger partial charge in [-0.25, -0.2) is 13.1 Å². The zero-order chi connectivity index (χ0) is 15.9. The van der Waals surface area contributed by atoms with E-state index in [1.807, 2.05) is 32.9 Å². The van der Waals surface area contributed by atoms with Crippen LogP contribution in [0.15, 0.2) is 18.2 Å². The summed E-state index contributed by atoms with van der Waals surface area (Å²) < 4.78 is 25.6. The average molecular weight is 312 g/mol. The van der Waals surface area contributed by atoms with Crippen LogP contribution in [0.5, 0.6) is 0 Å². The van der Waals surface area contributed by atoms with Gasteiger partial charge in [-0.3, -0.25) is 4.79 Å². The lowest BCUT2D eigenvalue weighted by atomic mass is 10.1. The fraction of sp³-hybridized carbons (Fsp3) is 0.533. The van der Waals surface area contributed by atoms with Crippen LogP contribution in [-0.2, 0) is 10.0 Å². The second-order valence-electron chi connectivity index (χ2n) is 5.12. The van der Waals surface area contributed by atoms with Crippen molar-refractivity contribution in [3.63, 3.8) is 0 Å². The molecular weight excluding hydrogens is 288 g/mol. The lowest BCUT2D eigenvalue weighted by Gasteiger charge is -2.08. The Morgan fingerprint density at radius 3 is 2.48 bits per heavy atom. The molecule has 0 bridgehead atoms. The van der Waals surface area contributed by atoms with Crippen molar-refractivity contribution in [3.8, 4) is 0 Å². The highest BCUT2D eigenvalue weighted by molar-refractivity contribution is 7.89. The Kier molecular flexibility index (Phi) is 6.84. The van der Waals surface area contributed by atoms with Gasteiger partial charge in [0.2, 0.25) is 10.0 Å². The zero-order valence-electron chi connectivity index (χ0n) is 12.9. The molecule has 21 heavy (non-hydrogen) atoms. The van der Waals surface area contributed by atoms with E-state index in [0.29, 0.717) is 12.0 Å². The number of carbonyl (C=O) groups is 1. The Hall–Kier alpha value is -1.40. The number of amides is 1. The predicted octanol–water partition coefficient (Wildman–Crippen LogP) is 1.75. The zero-order valence-corrected chi connectivity index (χ0v) is 13.7. The quantitative estimate of drug-likeness (QED) is 0.718. The first-order chi connectivity index (χ1) is 9.85. The number of sulfonamides is 1. The van der Waals surface area contributed by atoms with Gasteiger partial charge >= 0.3 is 0 Å². The van der Waals surface area contributed by atoms with E-state index < -0.39 is 10.0 Å². The molecule has 0 spiro atoms. The number of hydrogen-bond acceptors (Lipinski definition) is 3. The summed E-state index contributed by atoms with van der Waals surface area (Å²) in [5.74, 6) is -0.0555. The summed E-state index contributed by atoms with van der Waals surface area (Å²) in [6.07, 6.45) is 1.48. The summed E-state index contributed by atoms with van der Waals surface area (Å²) in [5.41, 5.74) is 2.78. The summed E-state index contributed by atoms with van der Waals surface area (Å²) in [6, 6.07) is 5.50. The monoisotopic (exact) mass is 312 g/mol. The summed E-state index contributed by atoms with van der Waals surface area (Å²) in [4.78, 5) is 11.9.